The van der Waals surface area contributed by atoms with Crippen molar-refractivity contribution in [2.75, 3.05) is 13.1 Å². The molecule has 12 heteroatoms. The van der Waals surface area contributed by atoms with Crippen LogP contribution in [0.1, 0.15) is 24.0 Å². The molecule has 8 unspecified atom stereocenters. The first-order valence-corrected chi connectivity index (χ1v) is 14.0. The zero-order chi connectivity index (χ0) is 29.8. The molecule has 2 heterocycles. The standard InChI is InChI=1S/C30H34N4O8/c31-19-15-33(13-17-7-3-1-4-8-17)27(39)29(19)11-21(29)41-25(37)23(35)24(36)26(38)42-22-12-30(22)20(32)16-34(28(30)40)14-18-9-5-2-6-10-18/h1-10,19-24,35-36H,11-16,31-32H2. The minimum atomic E-state index is -2.25. The molecule has 2 aromatic rings. The van der Waals surface area contributed by atoms with Crippen LogP contribution >= 0.6 is 0 Å². The zero-order valence-corrected chi connectivity index (χ0v) is 22.9. The van der Waals surface area contributed by atoms with Gasteiger partial charge in [0.25, 0.3) is 0 Å². The number of esters is 2. The van der Waals surface area contributed by atoms with Crippen LogP contribution in [0.15, 0.2) is 60.7 Å². The van der Waals surface area contributed by atoms with Crippen molar-refractivity contribution in [1.82, 2.24) is 9.80 Å². The lowest BCUT2D eigenvalue weighted by molar-refractivity contribution is -0.176. The Morgan fingerprint density at radius 2 is 1.10 bits per heavy atom. The van der Waals surface area contributed by atoms with Crippen LogP contribution in [0.5, 0.6) is 0 Å². The van der Waals surface area contributed by atoms with Crippen molar-refractivity contribution in [3.63, 3.8) is 0 Å². The number of ether oxygens (including phenoxy) is 2. The molecule has 8 atom stereocenters. The van der Waals surface area contributed by atoms with E-state index in [1.807, 2.05) is 60.7 Å². The number of benzene rings is 2. The average molecular weight is 579 g/mol. The molecule has 6 N–H and O–H groups in total. The molecule has 2 aliphatic carbocycles. The maximum absolute atomic E-state index is 13.2. The van der Waals surface area contributed by atoms with E-state index in [0.717, 1.165) is 11.1 Å². The van der Waals surface area contributed by atoms with E-state index in [1.54, 1.807) is 9.80 Å². The molecule has 222 valence electrons. The molecule has 2 amide bonds. The number of likely N-dealkylation sites (tertiary alicyclic amines) is 2. The van der Waals surface area contributed by atoms with Gasteiger partial charge in [-0.3, -0.25) is 9.59 Å². The number of carbonyl (C=O) groups excluding carboxylic acids is 4. The number of carbonyl (C=O) groups is 4. The molecule has 2 saturated carbocycles. The Morgan fingerprint density at radius 1 is 0.738 bits per heavy atom. The van der Waals surface area contributed by atoms with E-state index >= 15 is 0 Å². The number of aliphatic hydroxyl groups is 2. The number of amides is 2. The summed E-state index contributed by atoms with van der Waals surface area (Å²) in [5.41, 5.74) is 12.2. The largest absolute Gasteiger partial charge is 0.459 e. The number of rotatable bonds is 9. The van der Waals surface area contributed by atoms with E-state index in [4.69, 9.17) is 20.9 Å². The third-order valence-electron chi connectivity index (χ3n) is 9.13. The molecular formula is C30H34N4O8. The first-order chi connectivity index (χ1) is 20.1. The Balaban J connectivity index is 1.01. The highest BCUT2D eigenvalue weighted by Crippen LogP contribution is 2.56. The summed E-state index contributed by atoms with van der Waals surface area (Å²) in [6, 6.07) is 17.6. The van der Waals surface area contributed by atoms with Crippen LogP contribution < -0.4 is 11.5 Å². The number of aliphatic hydroxyl groups excluding tert-OH is 2. The van der Waals surface area contributed by atoms with Gasteiger partial charge in [0.2, 0.25) is 11.8 Å². The van der Waals surface area contributed by atoms with Gasteiger partial charge in [-0.1, -0.05) is 60.7 Å². The second-order valence-corrected chi connectivity index (χ2v) is 11.8. The maximum Gasteiger partial charge on any atom is 0.338 e. The number of nitrogens with zero attached hydrogens (tertiary/aromatic N) is 2. The van der Waals surface area contributed by atoms with Crippen LogP contribution in [0, 0.1) is 10.8 Å². The Morgan fingerprint density at radius 3 is 1.45 bits per heavy atom. The zero-order valence-electron chi connectivity index (χ0n) is 22.9. The molecular weight excluding hydrogens is 544 g/mol. The Labute approximate surface area is 242 Å². The van der Waals surface area contributed by atoms with Crippen molar-refractivity contribution >= 4 is 23.8 Å². The molecule has 6 rings (SSSR count). The highest BCUT2D eigenvalue weighted by molar-refractivity contribution is 5.93. The third-order valence-corrected chi connectivity index (χ3v) is 9.13. The third kappa shape index (κ3) is 4.64. The summed E-state index contributed by atoms with van der Waals surface area (Å²) >= 11 is 0. The summed E-state index contributed by atoms with van der Waals surface area (Å²) in [7, 11) is 0. The van der Waals surface area contributed by atoms with E-state index in [-0.39, 0.29) is 37.7 Å². The monoisotopic (exact) mass is 578 g/mol. The van der Waals surface area contributed by atoms with E-state index in [1.165, 1.54) is 0 Å². The maximum atomic E-state index is 13.2. The van der Waals surface area contributed by atoms with Gasteiger partial charge in [0.1, 0.15) is 23.0 Å². The van der Waals surface area contributed by atoms with Gasteiger partial charge in [0.15, 0.2) is 12.2 Å². The minimum Gasteiger partial charge on any atom is -0.459 e. The SMILES string of the molecule is NC1CN(Cc2ccccc2)C(=O)C12CC2OC(=O)C(O)C(O)C(=O)OC1CC12C(=O)N(Cc1ccccc1)CC2N. The number of nitrogens with two attached hydrogens (primary N) is 2. The van der Waals surface area contributed by atoms with Crippen LogP contribution in [0.4, 0.5) is 0 Å². The summed E-state index contributed by atoms with van der Waals surface area (Å²) < 4.78 is 10.7. The van der Waals surface area contributed by atoms with Crippen LogP contribution in [0.3, 0.4) is 0 Å². The van der Waals surface area contributed by atoms with E-state index in [9.17, 15) is 29.4 Å². The molecule has 12 nitrogen and oxygen atoms in total. The predicted octanol–water partition coefficient (Wildman–Crippen LogP) is -0.949. The first kappa shape index (κ1) is 28.3. The predicted molar refractivity (Wildman–Crippen MR) is 146 cm³/mol. The topological polar surface area (TPSA) is 186 Å². The summed E-state index contributed by atoms with van der Waals surface area (Å²) in [5.74, 6) is -3.03. The fourth-order valence-electron chi connectivity index (χ4n) is 6.45. The van der Waals surface area contributed by atoms with Gasteiger partial charge in [0, 0.05) is 51.1 Å². The second kappa shape index (κ2) is 10.5. The van der Waals surface area contributed by atoms with Crippen LogP contribution in [0.25, 0.3) is 0 Å². The summed E-state index contributed by atoms with van der Waals surface area (Å²) in [6.45, 7) is 1.29. The van der Waals surface area contributed by atoms with Gasteiger partial charge < -0.3 is 41.0 Å². The molecule has 2 aliphatic heterocycles. The van der Waals surface area contributed by atoms with Crippen LogP contribution in [0.2, 0.25) is 0 Å². The lowest BCUT2D eigenvalue weighted by Gasteiger charge is -2.19. The average Bonchev–Trinajstić information content (AvgIpc) is 3.86. The van der Waals surface area contributed by atoms with Crippen molar-refractivity contribution in [2.45, 2.75) is 62.4 Å². The van der Waals surface area contributed by atoms with E-state index < -0.39 is 59.3 Å². The molecule has 4 aliphatic rings. The molecule has 0 bridgehead atoms. The molecule has 4 fully saturated rings. The summed E-state index contributed by atoms with van der Waals surface area (Å²) in [4.78, 5) is 54.9. The van der Waals surface area contributed by atoms with Gasteiger partial charge in [-0.2, -0.15) is 0 Å². The molecule has 42 heavy (non-hydrogen) atoms. The lowest BCUT2D eigenvalue weighted by atomic mass is 10.0. The van der Waals surface area contributed by atoms with Crippen molar-refractivity contribution in [3.8, 4) is 0 Å². The van der Waals surface area contributed by atoms with Gasteiger partial charge >= 0.3 is 11.9 Å². The van der Waals surface area contributed by atoms with Crippen molar-refractivity contribution in [1.29, 1.82) is 0 Å². The molecule has 2 spiro atoms. The number of hydrogen-bond donors (Lipinski definition) is 4. The lowest BCUT2D eigenvalue weighted by Crippen LogP contribution is -2.44. The van der Waals surface area contributed by atoms with Gasteiger partial charge in [0.05, 0.1) is 0 Å². The normalized spacial score (nSPS) is 32.8. The van der Waals surface area contributed by atoms with Gasteiger partial charge in [-0.25, -0.2) is 9.59 Å². The number of hydrogen-bond acceptors (Lipinski definition) is 10. The van der Waals surface area contributed by atoms with Crippen LogP contribution in [-0.2, 0) is 41.7 Å². The summed E-state index contributed by atoms with van der Waals surface area (Å²) in [6.07, 6.45) is -5.91. The fraction of sp³-hybridized carbons (Fsp3) is 0.467. The van der Waals surface area contributed by atoms with Crippen molar-refractivity contribution in [2.24, 2.45) is 22.3 Å². The van der Waals surface area contributed by atoms with E-state index in [0.29, 0.717) is 13.1 Å². The Hall–Kier alpha value is -3.84. The quantitative estimate of drug-likeness (QED) is 0.270. The highest BCUT2D eigenvalue weighted by atomic mass is 16.6. The molecule has 0 radical (unpaired) electrons. The van der Waals surface area contributed by atoms with Gasteiger partial charge in [-0.15, -0.1) is 0 Å². The highest BCUT2D eigenvalue weighted by Gasteiger charge is 2.72. The van der Waals surface area contributed by atoms with Gasteiger partial charge in [-0.05, 0) is 11.1 Å². The molecule has 2 aromatic carbocycles. The Bertz CT molecular complexity index is 1290. The minimum absolute atomic E-state index is 0.182. The van der Waals surface area contributed by atoms with E-state index in [2.05, 4.69) is 0 Å². The summed E-state index contributed by atoms with van der Waals surface area (Å²) in [5, 5.41) is 20.8. The fourth-order valence-corrected chi connectivity index (χ4v) is 6.45. The van der Waals surface area contributed by atoms with Crippen molar-refractivity contribution in [3.05, 3.63) is 71.8 Å². The second-order valence-electron chi connectivity index (χ2n) is 11.8. The smallest absolute Gasteiger partial charge is 0.338 e. The molecule has 0 aromatic heterocycles. The van der Waals surface area contributed by atoms with Crippen LogP contribution in [-0.4, -0.2) is 93.4 Å². The van der Waals surface area contributed by atoms with Crippen molar-refractivity contribution < 1.29 is 38.9 Å². The first-order valence-electron chi connectivity index (χ1n) is 14.0. The molecule has 2 saturated heterocycles. The Kier molecular flexibility index (Phi) is 7.04.